The predicted molar refractivity (Wildman–Crippen MR) is 129 cm³/mol. The fourth-order valence-corrected chi connectivity index (χ4v) is 5.59. The maximum absolute atomic E-state index is 13.3. The van der Waals surface area contributed by atoms with Crippen LogP contribution >= 0.6 is 7.60 Å². The summed E-state index contributed by atoms with van der Waals surface area (Å²) in [4.78, 5) is 29.9. The molecule has 2 atom stereocenters. The van der Waals surface area contributed by atoms with E-state index in [1.165, 1.54) is 55.6 Å². The number of nitrogens with zero attached hydrogens (tertiary/aromatic N) is 1. The molecule has 194 valence electrons. The minimum Gasteiger partial charge on any atom is -0.497 e. The lowest BCUT2D eigenvalue weighted by Crippen LogP contribution is -2.50. The van der Waals surface area contributed by atoms with Crippen LogP contribution in [0.15, 0.2) is 53.4 Å². The van der Waals surface area contributed by atoms with E-state index in [1.54, 1.807) is 0 Å². The summed E-state index contributed by atoms with van der Waals surface area (Å²) in [7, 11) is -7.00. The minimum absolute atomic E-state index is 0.00178. The highest BCUT2D eigenvalue weighted by molar-refractivity contribution is 7.89. The first-order valence-corrected chi connectivity index (χ1v) is 13.8. The average molecular weight is 531 g/mol. The van der Waals surface area contributed by atoms with Gasteiger partial charge in [0.2, 0.25) is 10.0 Å². The third kappa shape index (κ3) is 8.31. The molecule has 0 saturated carbocycles. The van der Waals surface area contributed by atoms with E-state index in [4.69, 9.17) is 4.74 Å². The van der Waals surface area contributed by atoms with Gasteiger partial charge in [0, 0.05) is 13.1 Å². The highest BCUT2D eigenvalue weighted by Gasteiger charge is 2.31. The molecule has 13 heteroatoms. The SMILES string of the molecule is COc1ccc(S(=O)(=O)N(CC(C)C)C[C@@H](O)[C@H](Cc2ccc(P(=O)(O)O)cc2)NC(=O)O)cc1. The summed E-state index contributed by atoms with van der Waals surface area (Å²) in [5.74, 6) is 0.399. The molecule has 35 heavy (non-hydrogen) atoms. The van der Waals surface area contributed by atoms with Gasteiger partial charge in [0.1, 0.15) is 5.75 Å². The van der Waals surface area contributed by atoms with Gasteiger partial charge in [-0.2, -0.15) is 4.31 Å². The van der Waals surface area contributed by atoms with Gasteiger partial charge in [0.15, 0.2) is 0 Å². The van der Waals surface area contributed by atoms with E-state index in [-0.39, 0.29) is 35.6 Å². The molecule has 0 bridgehead atoms. The van der Waals surface area contributed by atoms with Crippen LogP contribution in [-0.2, 0) is 21.0 Å². The topological polar surface area (TPSA) is 174 Å². The zero-order valence-corrected chi connectivity index (χ0v) is 21.3. The molecule has 0 heterocycles. The summed E-state index contributed by atoms with van der Waals surface area (Å²) in [6.07, 6.45) is -2.86. The quantitative estimate of drug-likeness (QED) is 0.254. The van der Waals surface area contributed by atoms with Gasteiger partial charge in [-0.05, 0) is 54.3 Å². The summed E-state index contributed by atoms with van der Waals surface area (Å²) in [5, 5.41) is 22.2. The monoisotopic (exact) mass is 530 g/mol. The maximum Gasteiger partial charge on any atom is 0.404 e. The van der Waals surface area contributed by atoms with Crippen LogP contribution in [-0.4, -0.2) is 71.2 Å². The van der Waals surface area contributed by atoms with Crippen LogP contribution in [0.5, 0.6) is 5.75 Å². The molecule has 0 spiro atoms. The Balaban J connectivity index is 2.29. The van der Waals surface area contributed by atoms with Gasteiger partial charge in [-0.3, -0.25) is 4.57 Å². The summed E-state index contributed by atoms with van der Waals surface area (Å²) in [6.45, 7) is 3.34. The number of benzene rings is 2. The molecular weight excluding hydrogens is 499 g/mol. The van der Waals surface area contributed by atoms with E-state index in [0.29, 0.717) is 11.3 Å². The number of hydrogen-bond acceptors (Lipinski definition) is 6. The Morgan fingerprint density at radius 3 is 2.09 bits per heavy atom. The standard InChI is InChI=1S/C22H31N2O9PS/c1-15(2)13-24(35(31,32)19-10-6-17(33-3)7-11-19)14-21(25)20(23-22(26)27)12-16-4-8-18(9-5-16)34(28,29)30/h4-11,15,20-21,23,25H,12-14H2,1-3H3,(H,26,27)(H2,28,29,30)/t20-,21+/m0/s1. The molecule has 0 saturated heterocycles. The Morgan fingerprint density at radius 2 is 1.63 bits per heavy atom. The van der Waals surface area contributed by atoms with Crippen LogP contribution in [0.25, 0.3) is 0 Å². The van der Waals surface area contributed by atoms with Gasteiger partial charge in [-0.25, -0.2) is 13.2 Å². The molecule has 5 N–H and O–H groups in total. The first-order valence-electron chi connectivity index (χ1n) is 10.7. The fourth-order valence-electron chi connectivity index (χ4n) is 3.43. The lowest BCUT2D eigenvalue weighted by atomic mass is 10.0. The smallest absolute Gasteiger partial charge is 0.404 e. The maximum atomic E-state index is 13.3. The molecule has 0 aliphatic heterocycles. The third-order valence-corrected chi connectivity index (χ3v) is 7.98. The molecule has 0 aromatic heterocycles. The summed E-state index contributed by atoms with van der Waals surface area (Å²) >= 11 is 0. The van der Waals surface area contributed by atoms with Crippen LogP contribution in [0.2, 0.25) is 0 Å². The van der Waals surface area contributed by atoms with Crippen LogP contribution < -0.4 is 15.4 Å². The average Bonchev–Trinajstić information content (AvgIpc) is 2.77. The first kappa shape index (κ1) is 28.8. The molecule has 0 unspecified atom stereocenters. The molecule has 2 rings (SSSR count). The number of sulfonamides is 1. The van der Waals surface area contributed by atoms with E-state index in [0.717, 1.165) is 4.31 Å². The Labute approximate surface area is 204 Å². The molecule has 2 aromatic rings. The van der Waals surface area contributed by atoms with Crippen molar-refractivity contribution in [3.8, 4) is 5.75 Å². The molecule has 0 fully saturated rings. The van der Waals surface area contributed by atoms with Crippen LogP contribution in [0.3, 0.4) is 0 Å². The van der Waals surface area contributed by atoms with Gasteiger partial charge in [-0.15, -0.1) is 0 Å². The Morgan fingerprint density at radius 1 is 1.06 bits per heavy atom. The number of hydrogen-bond donors (Lipinski definition) is 5. The van der Waals surface area contributed by atoms with Crippen molar-refractivity contribution in [3.05, 3.63) is 54.1 Å². The molecular formula is C22H31N2O9PS. The van der Waals surface area contributed by atoms with Gasteiger partial charge >= 0.3 is 13.7 Å². The van der Waals surface area contributed by atoms with Gasteiger partial charge in [-0.1, -0.05) is 26.0 Å². The number of carboxylic acid groups (broad SMARTS) is 1. The highest BCUT2D eigenvalue weighted by Crippen LogP contribution is 2.33. The fraction of sp³-hybridized carbons (Fsp3) is 0.409. The van der Waals surface area contributed by atoms with E-state index in [2.05, 4.69) is 5.32 Å². The largest absolute Gasteiger partial charge is 0.497 e. The number of rotatable bonds is 12. The second kappa shape index (κ2) is 12.0. The van der Waals surface area contributed by atoms with Crippen molar-refractivity contribution in [3.63, 3.8) is 0 Å². The second-order valence-corrected chi connectivity index (χ2v) is 12.0. The Bertz CT molecular complexity index is 1130. The number of aliphatic hydroxyl groups excluding tert-OH is 1. The van der Waals surface area contributed by atoms with E-state index in [9.17, 15) is 37.8 Å². The van der Waals surface area contributed by atoms with E-state index in [1.807, 2.05) is 13.8 Å². The summed E-state index contributed by atoms with van der Waals surface area (Å²) < 4.78 is 44.1. The molecule has 0 aliphatic carbocycles. The third-order valence-electron chi connectivity index (χ3n) is 5.16. The summed E-state index contributed by atoms with van der Waals surface area (Å²) in [5.41, 5.74) is 0.494. The first-order chi connectivity index (χ1) is 16.2. The predicted octanol–water partition coefficient (Wildman–Crippen LogP) is 1.38. The normalized spacial score (nSPS) is 14.1. The highest BCUT2D eigenvalue weighted by atomic mass is 32.2. The number of carbonyl (C=O) groups is 1. The lowest BCUT2D eigenvalue weighted by Gasteiger charge is -2.30. The minimum atomic E-state index is -4.44. The van der Waals surface area contributed by atoms with Crippen molar-refractivity contribution >= 4 is 29.0 Å². The Kier molecular flexibility index (Phi) is 9.85. The van der Waals surface area contributed by atoms with Crippen LogP contribution in [0.4, 0.5) is 4.79 Å². The number of aliphatic hydroxyl groups is 1. The van der Waals surface area contributed by atoms with E-state index < -0.39 is 35.9 Å². The van der Waals surface area contributed by atoms with Crippen LogP contribution in [0.1, 0.15) is 19.4 Å². The molecule has 11 nitrogen and oxygen atoms in total. The van der Waals surface area contributed by atoms with Crippen LogP contribution in [0, 0.1) is 5.92 Å². The summed E-state index contributed by atoms with van der Waals surface area (Å²) in [6, 6.07) is 9.98. The zero-order chi connectivity index (χ0) is 26.4. The van der Waals surface area contributed by atoms with Crippen molar-refractivity contribution in [1.82, 2.24) is 9.62 Å². The van der Waals surface area contributed by atoms with Crippen molar-refractivity contribution < 1.29 is 42.5 Å². The van der Waals surface area contributed by atoms with Crippen molar-refractivity contribution in [2.45, 2.75) is 37.3 Å². The second-order valence-electron chi connectivity index (χ2n) is 8.43. The van der Waals surface area contributed by atoms with Crippen molar-refractivity contribution in [2.24, 2.45) is 5.92 Å². The number of amides is 1. The van der Waals surface area contributed by atoms with Gasteiger partial charge < -0.3 is 30.1 Å². The molecule has 0 radical (unpaired) electrons. The van der Waals surface area contributed by atoms with Crippen molar-refractivity contribution in [2.75, 3.05) is 20.2 Å². The van der Waals surface area contributed by atoms with Gasteiger partial charge in [0.25, 0.3) is 0 Å². The van der Waals surface area contributed by atoms with Gasteiger partial charge in [0.05, 0.1) is 29.5 Å². The van der Waals surface area contributed by atoms with Crippen molar-refractivity contribution in [1.29, 1.82) is 0 Å². The van der Waals surface area contributed by atoms with E-state index >= 15 is 0 Å². The number of nitrogens with one attached hydrogen (secondary N) is 1. The number of ether oxygens (including phenoxy) is 1. The molecule has 0 aliphatic rings. The Hall–Kier alpha value is -2.47. The molecule has 2 aromatic carbocycles. The molecule has 1 amide bonds. The lowest BCUT2D eigenvalue weighted by molar-refractivity contribution is 0.0980. The zero-order valence-electron chi connectivity index (χ0n) is 19.6. The number of methoxy groups -OCH3 is 1.